The van der Waals surface area contributed by atoms with Gasteiger partial charge in [-0.3, -0.25) is 4.98 Å². The van der Waals surface area contributed by atoms with Gasteiger partial charge in [0.05, 0.1) is 6.20 Å². The van der Waals surface area contributed by atoms with E-state index in [0.29, 0.717) is 6.61 Å². The van der Waals surface area contributed by atoms with Gasteiger partial charge in [-0.1, -0.05) is 11.6 Å². The topological polar surface area (TPSA) is 22.1 Å². The molecule has 0 aliphatic heterocycles. The lowest BCUT2D eigenvalue weighted by molar-refractivity contribution is 0.351. The Balaban J connectivity index is 2.44. The number of nitrogens with zero attached hydrogens (tertiary/aromatic N) is 1. The summed E-state index contributed by atoms with van der Waals surface area (Å²) in [6, 6.07) is 3.68. The molecule has 12 heavy (non-hydrogen) atoms. The molecule has 0 aromatic carbocycles. The molecule has 0 saturated heterocycles. The van der Waals surface area contributed by atoms with E-state index < -0.39 is 0 Å². The first kappa shape index (κ1) is 9.07. The van der Waals surface area contributed by atoms with Crippen LogP contribution in [0.5, 0.6) is 5.75 Å². The van der Waals surface area contributed by atoms with Crippen molar-refractivity contribution in [3.8, 4) is 5.75 Å². The van der Waals surface area contributed by atoms with Gasteiger partial charge in [-0.25, -0.2) is 0 Å². The Morgan fingerprint density at radius 1 is 1.75 bits per heavy atom. The summed E-state index contributed by atoms with van der Waals surface area (Å²) in [5, 5.41) is 0. The van der Waals surface area contributed by atoms with Crippen LogP contribution in [0.25, 0.3) is 0 Å². The van der Waals surface area contributed by atoms with Gasteiger partial charge in [0.15, 0.2) is 0 Å². The molecule has 0 amide bonds. The standard InChI is InChI=1S/C9H10ClNO/c1-8(5-10)7-12-9-3-2-4-11-6-9/h2-6H,7H2,1H3/b8-5-. The molecule has 0 unspecified atom stereocenters. The SMILES string of the molecule is C/C(=C/Cl)COc1cccnc1. The average Bonchev–Trinajstić information content (AvgIpc) is 2.16. The summed E-state index contributed by atoms with van der Waals surface area (Å²) in [5.41, 5.74) is 2.50. The van der Waals surface area contributed by atoms with Crippen LogP contribution in [-0.4, -0.2) is 11.6 Å². The minimum Gasteiger partial charge on any atom is -0.488 e. The minimum atomic E-state index is 0.509. The van der Waals surface area contributed by atoms with Gasteiger partial charge in [0.1, 0.15) is 12.4 Å². The number of hydrogen-bond donors (Lipinski definition) is 0. The number of pyridine rings is 1. The van der Waals surface area contributed by atoms with E-state index in [1.807, 2.05) is 19.1 Å². The minimum absolute atomic E-state index is 0.509. The molecular weight excluding hydrogens is 174 g/mol. The van der Waals surface area contributed by atoms with Gasteiger partial charge in [-0.15, -0.1) is 0 Å². The van der Waals surface area contributed by atoms with Crippen molar-refractivity contribution in [2.24, 2.45) is 0 Å². The molecule has 0 atom stereocenters. The lowest BCUT2D eigenvalue weighted by Crippen LogP contribution is -1.97. The monoisotopic (exact) mass is 183 g/mol. The molecule has 1 heterocycles. The summed E-state index contributed by atoms with van der Waals surface area (Å²) in [5.74, 6) is 0.760. The molecule has 0 aliphatic carbocycles. The Morgan fingerprint density at radius 2 is 2.58 bits per heavy atom. The maximum absolute atomic E-state index is 5.46. The van der Waals surface area contributed by atoms with Crippen molar-refractivity contribution >= 4 is 11.6 Å². The zero-order chi connectivity index (χ0) is 8.81. The summed E-state index contributed by atoms with van der Waals surface area (Å²) in [6.07, 6.45) is 3.37. The molecule has 2 nitrogen and oxygen atoms in total. The number of aromatic nitrogens is 1. The van der Waals surface area contributed by atoms with Crippen molar-refractivity contribution in [3.63, 3.8) is 0 Å². The second-order valence-corrected chi connectivity index (χ2v) is 2.65. The van der Waals surface area contributed by atoms with E-state index in [1.165, 1.54) is 5.54 Å². The number of halogens is 1. The molecule has 3 heteroatoms. The van der Waals surface area contributed by atoms with Crippen molar-refractivity contribution < 1.29 is 4.74 Å². The third-order valence-corrected chi connectivity index (χ3v) is 1.66. The third kappa shape index (κ3) is 2.93. The van der Waals surface area contributed by atoms with Crippen LogP contribution in [0, 0.1) is 0 Å². The smallest absolute Gasteiger partial charge is 0.138 e. The van der Waals surface area contributed by atoms with Crippen molar-refractivity contribution in [1.29, 1.82) is 0 Å². The fourth-order valence-corrected chi connectivity index (χ4v) is 0.724. The van der Waals surface area contributed by atoms with Gasteiger partial charge in [0.2, 0.25) is 0 Å². The van der Waals surface area contributed by atoms with Gasteiger partial charge in [0, 0.05) is 11.7 Å². The predicted octanol–water partition coefficient (Wildman–Crippen LogP) is 2.60. The summed E-state index contributed by atoms with van der Waals surface area (Å²) < 4.78 is 5.34. The maximum Gasteiger partial charge on any atom is 0.138 e. The molecule has 1 rings (SSSR count). The first-order chi connectivity index (χ1) is 5.83. The molecule has 0 aliphatic rings. The van der Waals surface area contributed by atoms with E-state index >= 15 is 0 Å². The van der Waals surface area contributed by atoms with Crippen molar-refractivity contribution in [1.82, 2.24) is 4.98 Å². The summed E-state index contributed by atoms with van der Waals surface area (Å²) in [7, 11) is 0. The average molecular weight is 184 g/mol. The van der Waals surface area contributed by atoms with Crippen LogP contribution in [0.2, 0.25) is 0 Å². The van der Waals surface area contributed by atoms with E-state index in [-0.39, 0.29) is 0 Å². The molecule has 0 radical (unpaired) electrons. The quantitative estimate of drug-likeness (QED) is 0.719. The molecule has 0 bridgehead atoms. The summed E-state index contributed by atoms with van der Waals surface area (Å²) in [4.78, 5) is 3.91. The Kier molecular flexibility index (Phi) is 3.61. The lowest BCUT2D eigenvalue weighted by Gasteiger charge is -2.03. The lowest BCUT2D eigenvalue weighted by atomic mass is 10.4. The predicted molar refractivity (Wildman–Crippen MR) is 49.3 cm³/mol. The molecule has 0 spiro atoms. The van der Waals surface area contributed by atoms with Crippen molar-refractivity contribution in [2.75, 3.05) is 6.61 Å². The fraction of sp³-hybridized carbons (Fsp3) is 0.222. The Bertz CT molecular complexity index is 258. The highest BCUT2D eigenvalue weighted by Crippen LogP contribution is 2.07. The van der Waals surface area contributed by atoms with Gasteiger partial charge in [-0.05, 0) is 24.6 Å². The van der Waals surface area contributed by atoms with E-state index in [4.69, 9.17) is 16.3 Å². The summed E-state index contributed by atoms with van der Waals surface area (Å²) >= 11 is 5.46. The number of rotatable bonds is 3. The highest BCUT2D eigenvalue weighted by molar-refractivity contribution is 6.25. The fourth-order valence-electron chi connectivity index (χ4n) is 0.661. The van der Waals surface area contributed by atoms with Crippen molar-refractivity contribution in [3.05, 3.63) is 35.6 Å². The largest absolute Gasteiger partial charge is 0.488 e. The Morgan fingerprint density at radius 3 is 3.17 bits per heavy atom. The zero-order valence-corrected chi connectivity index (χ0v) is 7.58. The van der Waals surface area contributed by atoms with Crippen LogP contribution in [0.1, 0.15) is 6.92 Å². The van der Waals surface area contributed by atoms with Crippen LogP contribution >= 0.6 is 11.6 Å². The second kappa shape index (κ2) is 4.78. The van der Waals surface area contributed by atoms with Gasteiger partial charge >= 0.3 is 0 Å². The van der Waals surface area contributed by atoms with Gasteiger partial charge in [0.25, 0.3) is 0 Å². The van der Waals surface area contributed by atoms with Crippen LogP contribution in [0.4, 0.5) is 0 Å². The normalized spacial score (nSPS) is 11.3. The number of ether oxygens (including phenoxy) is 1. The van der Waals surface area contributed by atoms with Crippen LogP contribution in [0.15, 0.2) is 35.6 Å². The molecule has 0 fully saturated rings. The van der Waals surface area contributed by atoms with Crippen LogP contribution < -0.4 is 4.74 Å². The highest BCUT2D eigenvalue weighted by Gasteiger charge is 1.92. The van der Waals surface area contributed by atoms with Crippen LogP contribution in [0.3, 0.4) is 0 Å². The molecule has 0 saturated carbocycles. The Hall–Kier alpha value is -1.02. The van der Waals surface area contributed by atoms with E-state index in [1.54, 1.807) is 12.4 Å². The molecular formula is C9H10ClNO. The van der Waals surface area contributed by atoms with Crippen LogP contribution in [-0.2, 0) is 0 Å². The first-order valence-corrected chi connectivity index (χ1v) is 4.05. The van der Waals surface area contributed by atoms with Crippen molar-refractivity contribution in [2.45, 2.75) is 6.92 Å². The molecule has 64 valence electrons. The summed E-state index contributed by atoms with van der Waals surface area (Å²) in [6.45, 7) is 2.42. The Labute approximate surface area is 76.8 Å². The first-order valence-electron chi connectivity index (χ1n) is 3.61. The van der Waals surface area contributed by atoms with Gasteiger partial charge < -0.3 is 4.74 Å². The maximum atomic E-state index is 5.46. The van der Waals surface area contributed by atoms with E-state index in [2.05, 4.69) is 4.98 Å². The second-order valence-electron chi connectivity index (χ2n) is 2.43. The van der Waals surface area contributed by atoms with E-state index in [0.717, 1.165) is 11.3 Å². The molecule has 1 aromatic heterocycles. The number of hydrogen-bond acceptors (Lipinski definition) is 2. The van der Waals surface area contributed by atoms with E-state index in [9.17, 15) is 0 Å². The van der Waals surface area contributed by atoms with Gasteiger partial charge in [-0.2, -0.15) is 0 Å². The third-order valence-electron chi connectivity index (χ3n) is 1.29. The zero-order valence-electron chi connectivity index (χ0n) is 6.83. The highest BCUT2D eigenvalue weighted by atomic mass is 35.5. The molecule has 1 aromatic rings. The molecule has 0 N–H and O–H groups in total.